The van der Waals surface area contributed by atoms with Crippen LogP contribution in [0, 0.1) is 11.6 Å². The Morgan fingerprint density at radius 1 is 1.28 bits per heavy atom. The Morgan fingerprint density at radius 2 is 2.04 bits per heavy atom. The average Bonchev–Trinajstić information content (AvgIpc) is 3.02. The van der Waals surface area contributed by atoms with E-state index in [4.69, 9.17) is 16.7 Å². The van der Waals surface area contributed by atoms with Gasteiger partial charge < -0.3 is 10.4 Å². The van der Waals surface area contributed by atoms with Crippen molar-refractivity contribution < 1.29 is 23.5 Å². The molecule has 2 N–H and O–H groups in total. The molecule has 0 unspecified atom stereocenters. The van der Waals surface area contributed by atoms with Crippen molar-refractivity contribution in [2.24, 2.45) is 0 Å². The fourth-order valence-electron chi connectivity index (χ4n) is 2.17. The monoisotopic (exact) mass is 366 g/mol. The number of amides is 1. The molecule has 10 heteroatoms. The van der Waals surface area contributed by atoms with Crippen molar-refractivity contribution in [1.82, 2.24) is 19.9 Å². The van der Waals surface area contributed by atoms with E-state index in [9.17, 15) is 18.4 Å². The van der Waals surface area contributed by atoms with Crippen LogP contribution >= 0.6 is 11.6 Å². The number of benzene rings is 1. The van der Waals surface area contributed by atoms with Crippen LogP contribution in [0.15, 0.2) is 30.5 Å². The van der Waals surface area contributed by atoms with Crippen LogP contribution in [-0.4, -0.2) is 31.6 Å². The van der Waals surface area contributed by atoms with Gasteiger partial charge in [-0.3, -0.25) is 4.79 Å². The Bertz CT molecular complexity index is 1010. The number of carboxylic acid groups (broad SMARTS) is 1. The standard InChI is InChI=1S/C15H9ClF2N4O3/c16-8-5-7(1-2-9(8)17)6-19-14(23)12-11(18)13(15(24)25)22-10(21-12)3-4-20-22/h1-5H,6H2,(H,19,23)(H,24,25). The molecule has 2 aromatic heterocycles. The molecule has 0 bridgehead atoms. The molecule has 3 rings (SSSR count). The summed E-state index contributed by atoms with van der Waals surface area (Å²) < 4.78 is 28.3. The van der Waals surface area contributed by atoms with Crippen LogP contribution in [0.2, 0.25) is 5.02 Å². The summed E-state index contributed by atoms with van der Waals surface area (Å²) in [6.45, 7) is -0.0766. The summed E-state index contributed by atoms with van der Waals surface area (Å²) in [5.74, 6) is -4.43. The van der Waals surface area contributed by atoms with Crippen molar-refractivity contribution in [1.29, 1.82) is 0 Å². The lowest BCUT2D eigenvalue weighted by molar-refractivity contribution is 0.0681. The summed E-state index contributed by atoms with van der Waals surface area (Å²) in [6.07, 6.45) is 1.23. The molecular weight excluding hydrogens is 358 g/mol. The summed E-state index contributed by atoms with van der Waals surface area (Å²) in [5, 5.41) is 15.1. The Balaban J connectivity index is 1.90. The molecule has 2 heterocycles. The summed E-state index contributed by atoms with van der Waals surface area (Å²) in [6, 6.07) is 5.17. The van der Waals surface area contributed by atoms with Crippen molar-refractivity contribution >= 4 is 29.1 Å². The van der Waals surface area contributed by atoms with E-state index in [1.807, 2.05) is 0 Å². The topological polar surface area (TPSA) is 96.6 Å². The number of nitrogens with one attached hydrogen (secondary N) is 1. The Kier molecular flexibility index (Phi) is 4.32. The van der Waals surface area contributed by atoms with Crippen molar-refractivity contribution in [3.63, 3.8) is 0 Å². The highest BCUT2D eigenvalue weighted by Gasteiger charge is 2.25. The lowest BCUT2D eigenvalue weighted by Crippen LogP contribution is -2.27. The first kappa shape index (κ1) is 16.8. The molecule has 25 heavy (non-hydrogen) atoms. The second-order valence-corrected chi connectivity index (χ2v) is 5.37. The zero-order chi connectivity index (χ0) is 18.1. The SMILES string of the molecule is O=C(NCc1ccc(F)c(Cl)c1)c1nc2ccnn2c(C(=O)O)c1F. The van der Waals surface area contributed by atoms with Gasteiger partial charge in [-0.2, -0.15) is 5.10 Å². The molecule has 0 aliphatic carbocycles. The normalized spacial score (nSPS) is 10.8. The maximum Gasteiger partial charge on any atom is 0.357 e. The maximum atomic E-state index is 14.4. The minimum Gasteiger partial charge on any atom is -0.476 e. The number of nitrogens with zero attached hydrogens (tertiary/aromatic N) is 3. The van der Waals surface area contributed by atoms with Gasteiger partial charge in [-0.05, 0) is 17.7 Å². The Labute approximate surface area is 143 Å². The highest BCUT2D eigenvalue weighted by Crippen LogP contribution is 2.17. The minimum absolute atomic E-state index is 0.00813. The molecule has 0 fully saturated rings. The Morgan fingerprint density at radius 3 is 2.72 bits per heavy atom. The van der Waals surface area contributed by atoms with Gasteiger partial charge >= 0.3 is 5.97 Å². The van der Waals surface area contributed by atoms with Crippen LogP contribution in [0.25, 0.3) is 5.65 Å². The van der Waals surface area contributed by atoms with Gasteiger partial charge in [0.05, 0.1) is 11.2 Å². The third-order valence-corrected chi connectivity index (χ3v) is 3.62. The van der Waals surface area contributed by atoms with Crippen molar-refractivity contribution in [3.8, 4) is 0 Å². The van der Waals surface area contributed by atoms with Gasteiger partial charge in [0.15, 0.2) is 22.9 Å². The third-order valence-electron chi connectivity index (χ3n) is 3.33. The largest absolute Gasteiger partial charge is 0.476 e. The fourth-order valence-corrected chi connectivity index (χ4v) is 2.38. The maximum absolute atomic E-state index is 14.4. The van der Waals surface area contributed by atoms with Crippen LogP contribution in [0.3, 0.4) is 0 Å². The number of halogens is 3. The second-order valence-electron chi connectivity index (χ2n) is 4.96. The number of aromatic carboxylic acids is 1. The van der Waals surface area contributed by atoms with Crippen LogP contribution in [0.1, 0.15) is 26.5 Å². The zero-order valence-electron chi connectivity index (χ0n) is 12.3. The summed E-state index contributed by atoms with van der Waals surface area (Å²) in [5.41, 5.74) is -0.999. The van der Waals surface area contributed by atoms with E-state index < -0.39 is 34.9 Å². The molecule has 0 saturated heterocycles. The van der Waals surface area contributed by atoms with Gasteiger partial charge in [0, 0.05) is 12.6 Å². The number of aromatic nitrogens is 3. The lowest BCUT2D eigenvalue weighted by Gasteiger charge is -2.09. The number of carbonyl (C=O) groups is 2. The van der Waals surface area contributed by atoms with Gasteiger partial charge in [-0.15, -0.1) is 0 Å². The second kappa shape index (κ2) is 6.44. The first-order chi connectivity index (χ1) is 11.9. The Hall–Kier alpha value is -3.07. The molecule has 0 saturated carbocycles. The molecule has 1 amide bonds. The van der Waals surface area contributed by atoms with E-state index in [1.165, 1.54) is 24.4 Å². The van der Waals surface area contributed by atoms with Gasteiger partial charge in [0.1, 0.15) is 5.82 Å². The van der Waals surface area contributed by atoms with Crippen LogP contribution in [0.4, 0.5) is 8.78 Å². The van der Waals surface area contributed by atoms with E-state index >= 15 is 0 Å². The summed E-state index contributed by atoms with van der Waals surface area (Å²) in [7, 11) is 0. The van der Waals surface area contributed by atoms with E-state index in [1.54, 1.807) is 0 Å². The van der Waals surface area contributed by atoms with Crippen molar-refractivity contribution in [3.05, 3.63) is 64.1 Å². The van der Waals surface area contributed by atoms with Gasteiger partial charge in [-0.25, -0.2) is 23.1 Å². The van der Waals surface area contributed by atoms with Gasteiger partial charge in [0.25, 0.3) is 5.91 Å². The van der Waals surface area contributed by atoms with Crippen LogP contribution in [0.5, 0.6) is 0 Å². The first-order valence-electron chi connectivity index (χ1n) is 6.87. The number of hydrogen-bond donors (Lipinski definition) is 2. The highest BCUT2D eigenvalue weighted by molar-refractivity contribution is 6.30. The average molecular weight is 367 g/mol. The molecule has 128 valence electrons. The van der Waals surface area contributed by atoms with E-state index in [0.717, 1.165) is 10.6 Å². The van der Waals surface area contributed by atoms with Crippen LogP contribution < -0.4 is 5.32 Å². The number of carboxylic acids is 1. The molecule has 7 nitrogen and oxygen atoms in total. The van der Waals surface area contributed by atoms with E-state index in [-0.39, 0.29) is 17.2 Å². The quantitative estimate of drug-likeness (QED) is 0.738. The molecule has 0 radical (unpaired) electrons. The van der Waals surface area contributed by atoms with Crippen molar-refractivity contribution in [2.75, 3.05) is 0 Å². The molecule has 0 aliphatic rings. The van der Waals surface area contributed by atoms with E-state index in [0.29, 0.717) is 5.56 Å². The molecular formula is C15H9ClF2N4O3. The third kappa shape index (κ3) is 3.13. The number of carbonyl (C=O) groups excluding carboxylic acids is 1. The number of rotatable bonds is 4. The molecule has 0 spiro atoms. The smallest absolute Gasteiger partial charge is 0.357 e. The lowest BCUT2D eigenvalue weighted by atomic mass is 10.2. The zero-order valence-corrected chi connectivity index (χ0v) is 13.1. The highest BCUT2D eigenvalue weighted by atomic mass is 35.5. The predicted octanol–water partition coefficient (Wildman–Crippen LogP) is 2.29. The number of fused-ring (bicyclic) bond motifs is 1. The first-order valence-corrected chi connectivity index (χ1v) is 7.25. The van der Waals surface area contributed by atoms with Gasteiger partial charge in [0.2, 0.25) is 0 Å². The minimum atomic E-state index is -1.59. The van der Waals surface area contributed by atoms with Gasteiger partial charge in [-0.1, -0.05) is 17.7 Å². The summed E-state index contributed by atoms with van der Waals surface area (Å²) >= 11 is 5.64. The van der Waals surface area contributed by atoms with Crippen molar-refractivity contribution in [2.45, 2.75) is 6.54 Å². The molecule has 0 atom stereocenters. The number of hydrogen-bond acceptors (Lipinski definition) is 4. The molecule has 3 aromatic rings. The summed E-state index contributed by atoms with van der Waals surface area (Å²) in [4.78, 5) is 27.2. The fraction of sp³-hybridized carbons (Fsp3) is 0.0667. The van der Waals surface area contributed by atoms with Crippen LogP contribution in [-0.2, 0) is 6.54 Å². The van der Waals surface area contributed by atoms with E-state index in [2.05, 4.69) is 15.4 Å². The molecule has 1 aromatic carbocycles. The molecule has 0 aliphatic heterocycles. The predicted molar refractivity (Wildman–Crippen MR) is 82.5 cm³/mol.